The van der Waals surface area contributed by atoms with Crippen LogP contribution in [0.4, 0.5) is 5.69 Å². The molecule has 2 fully saturated rings. The molecule has 1 aromatic rings. The lowest BCUT2D eigenvalue weighted by Gasteiger charge is -2.36. The Hall–Kier alpha value is -2.06. The molecule has 0 aromatic heterocycles. The van der Waals surface area contributed by atoms with Gasteiger partial charge in [0.15, 0.2) is 0 Å². The fourth-order valence-electron chi connectivity index (χ4n) is 2.45. The van der Waals surface area contributed by atoms with Crippen LogP contribution in [0.1, 0.15) is 18.4 Å². The zero-order chi connectivity index (χ0) is 13.9. The Morgan fingerprint density at radius 2 is 2.20 bits per heavy atom. The van der Waals surface area contributed by atoms with Gasteiger partial charge in [-0.2, -0.15) is 5.26 Å². The third kappa shape index (κ3) is 2.61. The fraction of sp³-hybridized carbons (Fsp3) is 0.467. The van der Waals surface area contributed by atoms with Gasteiger partial charge in [-0.15, -0.1) is 0 Å². The second kappa shape index (κ2) is 5.51. The molecule has 1 saturated heterocycles. The quantitative estimate of drug-likeness (QED) is 0.892. The van der Waals surface area contributed by atoms with E-state index < -0.39 is 0 Å². The molecule has 1 unspecified atom stereocenters. The third-order valence-corrected chi connectivity index (χ3v) is 3.69. The van der Waals surface area contributed by atoms with Gasteiger partial charge in [-0.1, -0.05) is 12.1 Å². The van der Waals surface area contributed by atoms with Gasteiger partial charge in [0, 0.05) is 12.6 Å². The molecule has 1 heterocycles. The maximum atomic E-state index is 12.3. The van der Waals surface area contributed by atoms with Crippen molar-refractivity contribution in [3.05, 3.63) is 29.8 Å². The first kappa shape index (κ1) is 12.9. The summed E-state index contributed by atoms with van der Waals surface area (Å²) < 4.78 is 5.45. The maximum Gasteiger partial charge on any atom is 0.245 e. The van der Waals surface area contributed by atoms with E-state index >= 15 is 0 Å². The van der Waals surface area contributed by atoms with Crippen molar-refractivity contribution in [3.8, 4) is 6.07 Å². The highest BCUT2D eigenvalue weighted by Gasteiger charge is 2.34. The number of nitrogens with zero attached hydrogens (tertiary/aromatic N) is 2. The number of nitrogens with one attached hydrogen (secondary N) is 1. The molecule has 1 saturated carbocycles. The summed E-state index contributed by atoms with van der Waals surface area (Å²) in [6, 6.07) is 9.57. The van der Waals surface area contributed by atoms with Crippen molar-refractivity contribution in [2.24, 2.45) is 0 Å². The summed E-state index contributed by atoms with van der Waals surface area (Å²) in [5.41, 5.74) is 1.41. The van der Waals surface area contributed by atoms with Crippen LogP contribution < -0.4 is 10.2 Å². The number of anilines is 1. The summed E-state index contributed by atoms with van der Waals surface area (Å²) >= 11 is 0. The molecule has 2 aliphatic rings. The van der Waals surface area contributed by atoms with E-state index in [4.69, 9.17) is 4.74 Å². The normalized spacial score (nSPS) is 22.1. The number of hydrogen-bond acceptors (Lipinski definition) is 4. The summed E-state index contributed by atoms with van der Waals surface area (Å²) in [4.78, 5) is 14.3. The highest BCUT2D eigenvalue weighted by Crippen LogP contribution is 2.25. The molecule has 104 valence electrons. The van der Waals surface area contributed by atoms with Crippen molar-refractivity contribution in [1.82, 2.24) is 5.32 Å². The number of nitriles is 1. The molecule has 20 heavy (non-hydrogen) atoms. The minimum absolute atomic E-state index is 0.0000529. The van der Waals surface area contributed by atoms with Gasteiger partial charge in [-0.05, 0) is 25.0 Å². The average molecular weight is 271 g/mol. The van der Waals surface area contributed by atoms with Crippen LogP contribution in [-0.2, 0) is 9.53 Å². The largest absolute Gasteiger partial charge is 0.377 e. The van der Waals surface area contributed by atoms with Gasteiger partial charge in [0.25, 0.3) is 0 Å². The number of ether oxygens (including phenoxy) is 1. The van der Waals surface area contributed by atoms with Crippen LogP contribution >= 0.6 is 0 Å². The molecular weight excluding hydrogens is 254 g/mol. The SMILES string of the molecule is N#Cc1ccccc1N1CCOCC1C(=O)NC1CC1. The number of hydrogen-bond donors (Lipinski definition) is 1. The van der Waals surface area contributed by atoms with Crippen molar-refractivity contribution in [2.75, 3.05) is 24.7 Å². The fourth-order valence-corrected chi connectivity index (χ4v) is 2.45. The highest BCUT2D eigenvalue weighted by atomic mass is 16.5. The molecule has 0 spiro atoms. The van der Waals surface area contributed by atoms with Crippen LogP contribution in [0.2, 0.25) is 0 Å². The van der Waals surface area contributed by atoms with Gasteiger partial charge in [0.1, 0.15) is 12.1 Å². The lowest BCUT2D eigenvalue weighted by molar-refractivity contribution is -0.124. The minimum atomic E-state index is -0.348. The third-order valence-electron chi connectivity index (χ3n) is 3.69. The first-order chi connectivity index (χ1) is 9.79. The van der Waals surface area contributed by atoms with E-state index in [9.17, 15) is 10.1 Å². The number of carbonyl (C=O) groups excluding carboxylic acids is 1. The van der Waals surface area contributed by atoms with E-state index in [0.29, 0.717) is 31.4 Å². The number of morpholine rings is 1. The molecule has 5 nitrogen and oxygen atoms in total. The van der Waals surface area contributed by atoms with Gasteiger partial charge in [0.2, 0.25) is 5.91 Å². The number of rotatable bonds is 3. The summed E-state index contributed by atoms with van der Waals surface area (Å²) in [6.45, 7) is 1.58. The molecule has 1 aromatic carbocycles. The van der Waals surface area contributed by atoms with Crippen molar-refractivity contribution < 1.29 is 9.53 Å². The number of amides is 1. The summed E-state index contributed by atoms with van der Waals surface area (Å²) in [5.74, 6) is -0.0000529. The van der Waals surface area contributed by atoms with Gasteiger partial charge in [0.05, 0.1) is 24.5 Å². The first-order valence-electron chi connectivity index (χ1n) is 6.93. The van der Waals surface area contributed by atoms with Crippen molar-refractivity contribution in [1.29, 1.82) is 5.26 Å². The van der Waals surface area contributed by atoms with Crippen LogP contribution in [0.3, 0.4) is 0 Å². The second-order valence-electron chi connectivity index (χ2n) is 5.20. The predicted molar refractivity (Wildman–Crippen MR) is 74.3 cm³/mol. The predicted octanol–water partition coefficient (Wildman–Crippen LogP) is 1.04. The minimum Gasteiger partial charge on any atom is -0.377 e. The van der Waals surface area contributed by atoms with Crippen LogP contribution in [0.25, 0.3) is 0 Å². The summed E-state index contributed by atoms with van der Waals surface area (Å²) in [7, 11) is 0. The monoisotopic (exact) mass is 271 g/mol. The molecular formula is C15H17N3O2. The number of para-hydroxylation sites is 1. The topological polar surface area (TPSA) is 65.4 Å². The van der Waals surface area contributed by atoms with E-state index in [0.717, 1.165) is 18.5 Å². The van der Waals surface area contributed by atoms with Crippen LogP contribution in [0.15, 0.2) is 24.3 Å². The van der Waals surface area contributed by atoms with E-state index in [2.05, 4.69) is 11.4 Å². The van der Waals surface area contributed by atoms with E-state index in [1.807, 2.05) is 23.1 Å². The molecule has 3 rings (SSSR count). The molecule has 1 atom stereocenters. The van der Waals surface area contributed by atoms with Crippen LogP contribution in [0.5, 0.6) is 0 Å². The molecule has 0 bridgehead atoms. The van der Waals surface area contributed by atoms with Gasteiger partial charge >= 0.3 is 0 Å². The van der Waals surface area contributed by atoms with Gasteiger partial charge in [-0.3, -0.25) is 4.79 Å². The smallest absolute Gasteiger partial charge is 0.245 e. The lowest BCUT2D eigenvalue weighted by Crippen LogP contribution is -2.54. The second-order valence-corrected chi connectivity index (χ2v) is 5.20. The van der Waals surface area contributed by atoms with Crippen LogP contribution in [-0.4, -0.2) is 37.7 Å². The van der Waals surface area contributed by atoms with Crippen molar-refractivity contribution in [3.63, 3.8) is 0 Å². The molecule has 1 N–H and O–H groups in total. The van der Waals surface area contributed by atoms with E-state index in [1.165, 1.54) is 0 Å². The molecule has 1 amide bonds. The van der Waals surface area contributed by atoms with E-state index in [-0.39, 0.29) is 11.9 Å². The van der Waals surface area contributed by atoms with Crippen molar-refractivity contribution >= 4 is 11.6 Å². The zero-order valence-corrected chi connectivity index (χ0v) is 11.2. The highest BCUT2D eigenvalue weighted by molar-refractivity contribution is 5.86. The van der Waals surface area contributed by atoms with Gasteiger partial charge < -0.3 is 15.0 Å². The average Bonchev–Trinajstić information content (AvgIpc) is 3.31. The Kier molecular flexibility index (Phi) is 3.57. The van der Waals surface area contributed by atoms with Gasteiger partial charge in [-0.25, -0.2) is 0 Å². The number of benzene rings is 1. The molecule has 5 heteroatoms. The standard InChI is InChI=1S/C15H17N3O2/c16-9-11-3-1-2-4-13(11)18-7-8-20-10-14(18)15(19)17-12-5-6-12/h1-4,12,14H,5-8,10H2,(H,17,19). The Morgan fingerprint density at radius 1 is 1.40 bits per heavy atom. The Morgan fingerprint density at radius 3 is 2.95 bits per heavy atom. The Balaban J connectivity index is 1.84. The summed E-state index contributed by atoms with van der Waals surface area (Å²) in [5, 5.41) is 12.2. The van der Waals surface area contributed by atoms with E-state index in [1.54, 1.807) is 6.07 Å². The molecule has 1 aliphatic carbocycles. The first-order valence-corrected chi connectivity index (χ1v) is 6.93. The van der Waals surface area contributed by atoms with Crippen molar-refractivity contribution in [2.45, 2.75) is 24.9 Å². The summed E-state index contributed by atoms with van der Waals surface area (Å²) in [6.07, 6.45) is 2.13. The number of carbonyl (C=O) groups is 1. The molecule has 1 aliphatic heterocycles. The van der Waals surface area contributed by atoms with Crippen LogP contribution in [0, 0.1) is 11.3 Å². The zero-order valence-electron chi connectivity index (χ0n) is 11.2. The maximum absolute atomic E-state index is 12.3. The molecule has 0 radical (unpaired) electrons. The Bertz CT molecular complexity index is 548. The Labute approximate surface area is 118 Å². The lowest BCUT2D eigenvalue weighted by atomic mass is 10.1.